The number of aryl methyl sites for hydroxylation is 1. The number of amides is 5. The van der Waals surface area contributed by atoms with Crippen LogP contribution in [0.4, 0.5) is 0 Å². The minimum Gasteiger partial charge on any atom is -0.493 e. The predicted molar refractivity (Wildman–Crippen MR) is 177 cm³/mol. The van der Waals surface area contributed by atoms with E-state index in [1.807, 2.05) is 12.1 Å². The van der Waals surface area contributed by atoms with Gasteiger partial charge in [0.15, 0.2) is 11.5 Å². The van der Waals surface area contributed by atoms with Gasteiger partial charge >= 0.3 is 0 Å². The van der Waals surface area contributed by atoms with Crippen LogP contribution in [0.5, 0.6) is 17.2 Å². The van der Waals surface area contributed by atoms with Gasteiger partial charge in [0.2, 0.25) is 23.6 Å². The lowest BCUT2D eigenvalue weighted by Gasteiger charge is -2.27. The lowest BCUT2D eigenvalue weighted by atomic mass is 10.0. The van der Waals surface area contributed by atoms with E-state index in [0.717, 1.165) is 5.56 Å². The predicted octanol–water partition coefficient (Wildman–Crippen LogP) is 0.845. The van der Waals surface area contributed by atoms with Gasteiger partial charge in [-0.1, -0.05) is 32.0 Å². The van der Waals surface area contributed by atoms with Crippen molar-refractivity contribution in [3.8, 4) is 17.2 Å². The number of rotatable bonds is 9. The molecule has 0 aliphatic carbocycles. The molecule has 1 aliphatic rings. The largest absolute Gasteiger partial charge is 0.493 e. The minimum absolute atomic E-state index is 0.00484. The van der Waals surface area contributed by atoms with Gasteiger partial charge in [-0.3, -0.25) is 24.0 Å². The third kappa shape index (κ3) is 10.6. The van der Waals surface area contributed by atoms with E-state index in [1.165, 1.54) is 13.0 Å². The molecule has 5 amide bonds. The molecule has 14 nitrogen and oxygen atoms in total. The number of hydrogen-bond donors (Lipinski definition) is 6. The molecule has 6 N–H and O–H groups in total. The lowest BCUT2D eigenvalue weighted by molar-refractivity contribution is -0.135. The summed E-state index contributed by atoms with van der Waals surface area (Å²) in [5.74, 6) is -2.29. The third-order valence-corrected chi connectivity index (χ3v) is 7.74. The number of hydrogen-bond acceptors (Lipinski definition) is 9. The Balaban J connectivity index is 1.84. The Labute approximate surface area is 280 Å². The molecule has 0 bridgehead atoms. The highest BCUT2D eigenvalue weighted by Crippen LogP contribution is 2.28. The van der Waals surface area contributed by atoms with Crippen LogP contribution >= 0.6 is 0 Å². The molecule has 0 radical (unpaired) electrons. The van der Waals surface area contributed by atoms with Crippen molar-refractivity contribution >= 4 is 29.5 Å². The number of ether oxygens (including phenoxy) is 3. The molecule has 1 aliphatic heterocycles. The second-order valence-corrected chi connectivity index (χ2v) is 12.0. The summed E-state index contributed by atoms with van der Waals surface area (Å²) < 4.78 is 16.5. The first-order valence-corrected chi connectivity index (χ1v) is 15.9. The van der Waals surface area contributed by atoms with Crippen LogP contribution in [0.1, 0.15) is 56.5 Å². The molecule has 48 heavy (non-hydrogen) atoms. The number of benzene rings is 2. The zero-order valence-electron chi connectivity index (χ0n) is 28.3. The van der Waals surface area contributed by atoms with Crippen molar-refractivity contribution in [2.24, 2.45) is 5.92 Å². The van der Waals surface area contributed by atoms with E-state index in [1.54, 1.807) is 59.3 Å². The van der Waals surface area contributed by atoms with E-state index in [2.05, 4.69) is 26.6 Å². The average Bonchev–Trinajstić information content (AvgIpc) is 3.05. The molecule has 2 aromatic rings. The second-order valence-electron chi connectivity index (χ2n) is 12.0. The Hall–Kier alpha value is -4.85. The van der Waals surface area contributed by atoms with Crippen LogP contribution in [-0.4, -0.2) is 92.3 Å². The summed E-state index contributed by atoms with van der Waals surface area (Å²) >= 11 is 0. The molecule has 1 heterocycles. The molecule has 14 heteroatoms. The summed E-state index contributed by atoms with van der Waals surface area (Å²) in [7, 11) is 3.10. The first-order valence-electron chi connectivity index (χ1n) is 15.9. The Kier molecular flexibility index (Phi) is 14.0. The van der Waals surface area contributed by atoms with Crippen LogP contribution in [0, 0.1) is 5.92 Å². The molecule has 0 aromatic heterocycles. The zero-order valence-corrected chi connectivity index (χ0v) is 28.3. The van der Waals surface area contributed by atoms with Crippen LogP contribution in [0.2, 0.25) is 0 Å². The van der Waals surface area contributed by atoms with Crippen molar-refractivity contribution in [3.05, 3.63) is 53.6 Å². The maximum atomic E-state index is 13.5. The van der Waals surface area contributed by atoms with Crippen LogP contribution in [0.25, 0.3) is 0 Å². The van der Waals surface area contributed by atoms with E-state index in [-0.39, 0.29) is 30.4 Å². The van der Waals surface area contributed by atoms with E-state index in [0.29, 0.717) is 24.3 Å². The van der Waals surface area contributed by atoms with Gasteiger partial charge in [-0.25, -0.2) is 0 Å². The fraction of sp³-hybridized carbons (Fsp3) is 0.500. The van der Waals surface area contributed by atoms with Gasteiger partial charge in [-0.05, 0) is 62.4 Å². The Bertz CT molecular complexity index is 1450. The van der Waals surface area contributed by atoms with Crippen molar-refractivity contribution < 1.29 is 43.3 Å². The SMILES string of the molecule is COc1ccc(CCCNC(=O)[C@@H]2CC(=O)N[C@@H]([C@@H](C)O)C(=O)N[C@H](C(C)C)C(=O)N[C@@H](C)COc3ccccc3C(=O)N2)cc1OC. The summed E-state index contributed by atoms with van der Waals surface area (Å²) in [5, 5.41) is 23.7. The van der Waals surface area contributed by atoms with Crippen molar-refractivity contribution in [1.82, 2.24) is 26.6 Å². The van der Waals surface area contributed by atoms with Gasteiger partial charge in [-0.2, -0.15) is 0 Å². The van der Waals surface area contributed by atoms with Crippen molar-refractivity contribution in [2.75, 3.05) is 27.4 Å². The molecule has 0 spiro atoms. The molecule has 2 aromatic carbocycles. The normalized spacial score (nSPS) is 21.7. The lowest BCUT2D eigenvalue weighted by Crippen LogP contribution is -2.59. The van der Waals surface area contributed by atoms with E-state index in [9.17, 15) is 29.1 Å². The molecule has 0 saturated carbocycles. The highest BCUT2D eigenvalue weighted by atomic mass is 16.5. The standard InChI is InChI=1S/C34H47N5O9/c1-19(2)29-33(44)36-20(3)18-48-25-12-8-7-11-23(25)31(42)37-24(17-28(41)38-30(21(4)40)34(45)39-29)32(43)35-15-9-10-22-13-14-26(46-5)27(16-22)47-6/h7-8,11-14,16,19-21,24,29-30,40H,9-10,15,17-18H2,1-6H3,(H,35,43)(H,36,44)(H,37,42)(H,38,41)(H,39,45)/t20-,21+,24-,29+,30-/m0/s1. The summed E-state index contributed by atoms with van der Waals surface area (Å²) in [4.78, 5) is 66.5. The van der Waals surface area contributed by atoms with Crippen molar-refractivity contribution in [2.45, 2.75) is 77.2 Å². The molecule has 0 fully saturated rings. The summed E-state index contributed by atoms with van der Waals surface area (Å²) in [6.45, 7) is 6.74. The van der Waals surface area contributed by atoms with E-state index in [4.69, 9.17) is 14.2 Å². The van der Waals surface area contributed by atoms with Gasteiger partial charge < -0.3 is 45.9 Å². The van der Waals surface area contributed by atoms with Gasteiger partial charge in [0, 0.05) is 6.54 Å². The monoisotopic (exact) mass is 669 g/mol. The van der Waals surface area contributed by atoms with Gasteiger partial charge in [-0.15, -0.1) is 0 Å². The van der Waals surface area contributed by atoms with Gasteiger partial charge in [0.25, 0.3) is 5.91 Å². The van der Waals surface area contributed by atoms with E-state index < -0.39 is 66.2 Å². The van der Waals surface area contributed by atoms with Crippen molar-refractivity contribution in [1.29, 1.82) is 0 Å². The highest BCUT2D eigenvalue weighted by molar-refractivity contribution is 6.01. The number of methoxy groups -OCH3 is 2. The smallest absolute Gasteiger partial charge is 0.255 e. The average molecular weight is 670 g/mol. The molecular weight excluding hydrogens is 622 g/mol. The molecular formula is C34H47N5O9. The Morgan fingerprint density at radius 3 is 2.29 bits per heavy atom. The Morgan fingerprint density at radius 1 is 0.938 bits per heavy atom. The van der Waals surface area contributed by atoms with Crippen LogP contribution in [-0.2, 0) is 25.6 Å². The molecule has 5 atom stereocenters. The Morgan fingerprint density at radius 2 is 1.62 bits per heavy atom. The molecule has 3 rings (SSSR count). The number of nitrogens with one attached hydrogen (secondary N) is 5. The minimum atomic E-state index is -1.44. The third-order valence-electron chi connectivity index (χ3n) is 7.74. The van der Waals surface area contributed by atoms with Crippen LogP contribution in [0.15, 0.2) is 42.5 Å². The summed E-state index contributed by atoms with van der Waals surface area (Å²) in [6.07, 6.45) is -0.750. The first-order chi connectivity index (χ1) is 22.8. The number of carbonyl (C=O) groups is 5. The maximum Gasteiger partial charge on any atom is 0.255 e. The second kappa shape index (κ2) is 17.9. The maximum absolute atomic E-state index is 13.5. The van der Waals surface area contributed by atoms with Crippen LogP contribution < -0.4 is 40.8 Å². The molecule has 0 unspecified atom stereocenters. The number of aliphatic hydroxyl groups excluding tert-OH is 1. The molecule has 262 valence electrons. The van der Waals surface area contributed by atoms with Gasteiger partial charge in [0.05, 0.1) is 38.3 Å². The fourth-order valence-electron chi connectivity index (χ4n) is 5.08. The zero-order chi connectivity index (χ0) is 35.4. The van der Waals surface area contributed by atoms with E-state index >= 15 is 0 Å². The summed E-state index contributed by atoms with van der Waals surface area (Å²) in [5.41, 5.74) is 1.07. The number of aliphatic hydroxyl groups is 1. The van der Waals surface area contributed by atoms with Crippen LogP contribution in [0.3, 0.4) is 0 Å². The number of para-hydroxylation sites is 1. The van der Waals surface area contributed by atoms with Crippen molar-refractivity contribution in [3.63, 3.8) is 0 Å². The number of fused-ring (bicyclic) bond motifs is 1. The number of carbonyl (C=O) groups excluding carboxylic acids is 5. The first kappa shape index (κ1) is 37.6. The quantitative estimate of drug-likeness (QED) is 0.210. The topological polar surface area (TPSA) is 193 Å². The highest BCUT2D eigenvalue weighted by Gasteiger charge is 2.33. The molecule has 0 saturated heterocycles. The fourth-order valence-corrected chi connectivity index (χ4v) is 5.08. The summed E-state index contributed by atoms with van der Waals surface area (Å²) in [6, 6.07) is 7.64. The van der Waals surface area contributed by atoms with Gasteiger partial charge in [0.1, 0.15) is 30.5 Å².